The van der Waals surface area contributed by atoms with E-state index in [4.69, 9.17) is 4.74 Å². The zero-order valence-electron chi connectivity index (χ0n) is 14.7. The van der Waals surface area contributed by atoms with Crippen LogP contribution in [0.15, 0.2) is 48.7 Å². The molecule has 7 heteroatoms. The smallest absolute Gasteiger partial charge is 0.411 e. The van der Waals surface area contributed by atoms with Crippen LogP contribution in [0.5, 0.6) is 0 Å². The Bertz CT molecular complexity index is 752. The zero-order chi connectivity index (χ0) is 19.2. The average molecular weight is 360 g/mol. The monoisotopic (exact) mass is 360 g/mol. The van der Waals surface area contributed by atoms with Gasteiger partial charge in [-0.3, -0.25) is 9.88 Å². The van der Waals surface area contributed by atoms with Gasteiger partial charge in [0.15, 0.2) is 5.54 Å². The molecule has 1 heterocycles. The summed E-state index contributed by atoms with van der Waals surface area (Å²) in [5.74, 6) is -1.84. The third kappa shape index (κ3) is 3.82. The van der Waals surface area contributed by atoms with E-state index in [-0.39, 0.29) is 25.3 Å². The number of carbonyl (C=O) groups excluding carboxylic acids is 1. The number of aromatic nitrogens is 1. The van der Waals surface area contributed by atoms with Gasteiger partial charge in [0.05, 0.1) is 11.9 Å². The molecule has 138 valence electrons. The summed E-state index contributed by atoms with van der Waals surface area (Å²) in [5.41, 5.74) is -0.877. The van der Waals surface area contributed by atoms with Crippen molar-refractivity contribution in [3.05, 3.63) is 65.7 Å². The van der Waals surface area contributed by atoms with Crippen LogP contribution >= 0.6 is 0 Å². The average Bonchev–Trinajstić information content (AvgIpc) is 2.65. The highest BCUT2D eigenvalue weighted by Gasteiger charge is 2.48. The molecule has 6 nitrogen and oxygen atoms in total. The van der Waals surface area contributed by atoms with Crippen molar-refractivity contribution in [3.63, 3.8) is 0 Å². The van der Waals surface area contributed by atoms with Gasteiger partial charge in [-0.05, 0) is 31.0 Å². The second-order valence-corrected chi connectivity index (χ2v) is 5.67. The first kappa shape index (κ1) is 19.4. The van der Waals surface area contributed by atoms with Gasteiger partial charge >= 0.3 is 12.1 Å². The number of carbonyl (C=O) groups is 2. The number of aliphatic carboxylic acids is 1. The summed E-state index contributed by atoms with van der Waals surface area (Å²) in [6.45, 7) is 3.40. The van der Waals surface area contributed by atoms with E-state index in [1.165, 1.54) is 6.07 Å². The molecule has 1 amide bonds. The number of ether oxygens (including phenoxy) is 1. The fourth-order valence-corrected chi connectivity index (χ4v) is 2.86. The minimum atomic E-state index is -1.74. The quantitative estimate of drug-likeness (QED) is 0.816. The lowest BCUT2D eigenvalue weighted by Crippen LogP contribution is -2.55. The van der Waals surface area contributed by atoms with Crippen LogP contribution in [0.2, 0.25) is 0 Å². The highest BCUT2D eigenvalue weighted by molar-refractivity contribution is 5.85. The molecular weight excluding hydrogens is 339 g/mol. The Hall–Kier alpha value is -2.96. The van der Waals surface area contributed by atoms with Gasteiger partial charge in [-0.25, -0.2) is 14.0 Å². The Morgan fingerprint density at radius 1 is 1.19 bits per heavy atom. The molecule has 1 atom stereocenters. The standard InChI is InChI=1S/C19H21FN2O4/c1-3-19(17(23)24,16-11-10-15(20)12-21-16)22(4-2)18(25)26-13-14-8-6-5-7-9-14/h5-12H,3-4,13H2,1-2H3,(H,23,24). The largest absolute Gasteiger partial charge is 0.479 e. The molecule has 0 aliphatic rings. The molecule has 0 radical (unpaired) electrons. The van der Waals surface area contributed by atoms with Crippen LogP contribution in [-0.2, 0) is 21.7 Å². The lowest BCUT2D eigenvalue weighted by molar-refractivity contribution is -0.152. The molecule has 0 saturated heterocycles. The lowest BCUT2D eigenvalue weighted by atomic mass is 9.89. The molecule has 2 aromatic rings. The normalized spacial score (nSPS) is 12.9. The molecule has 1 unspecified atom stereocenters. The number of hydrogen-bond donors (Lipinski definition) is 1. The third-order valence-corrected chi connectivity index (χ3v) is 4.22. The van der Waals surface area contributed by atoms with Crippen molar-refractivity contribution < 1.29 is 23.8 Å². The van der Waals surface area contributed by atoms with Gasteiger partial charge in [-0.15, -0.1) is 0 Å². The van der Waals surface area contributed by atoms with Crippen molar-refractivity contribution in [3.8, 4) is 0 Å². The van der Waals surface area contributed by atoms with Crippen LogP contribution in [-0.4, -0.2) is 33.6 Å². The van der Waals surface area contributed by atoms with E-state index in [0.717, 1.165) is 22.7 Å². The van der Waals surface area contributed by atoms with Crippen LogP contribution in [0.25, 0.3) is 0 Å². The van der Waals surface area contributed by atoms with Crippen molar-refractivity contribution in [2.24, 2.45) is 0 Å². The Balaban J connectivity index is 2.32. The molecule has 1 N–H and O–H groups in total. The minimum absolute atomic E-state index is 0.0203. The molecule has 0 spiro atoms. The number of nitrogens with zero attached hydrogens (tertiary/aromatic N) is 2. The van der Waals surface area contributed by atoms with Gasteiger partial charge < -0.3 is 9.84 Å². The van der Waals surface area contributed by atoms with E-state index in [1.54, 1.807) is 26.0 Å². The van der Waals surface area contributed by atoms with E-state index in [0.29, 0.717) is 0 Å². The number of carboxylic acids is 1. The maximum absolute atomic E-state index is 13.2. The minimum Gasteiger partial charge on any atom is -0.479 e. The van der Waals surface area contributed by atoms with E-state index in [2.05, 4.69) is 4.98 Å². The van der Waals surface area contributed by atoms with Crippen LogP contribution in [0.1, 0.15) is 31.5 Å². The van der Waals surface area contributed by atoms with Crippen molar-refractivity contribution >= 4 is 12.1 Å². The fourth-order valence-electron chi connectivity index (χ4n) is 2.86. The predicted octanol–water partition coefficient (Wildman–Crippen LogP) is 3.57. The highest BCUT2D eigenvalue weighted by atomic mass is 19.1. The van der Waals surface area contributed by atoms with Gasteiger partial charge in [0.2, 0.25) is 0 Å². The molecule has 26 heavy (non-hydrogen) atoms. The summed E-state index contributed by atoms with van der Waals surface area (Å²) >= 11 is 0. The predicted molar refractivity (Wildman–Crippen MR) is 92.8 cm³/mol. The first-order valence-corrected chi connectivity index (χ1v) is 8.29. The van der Waals surface area contributed by atoms with Crippen molar-refractivity contribution in [1.82, 2.24) is 9.88 Å². The highest BCUT2D eigenvalue weighted by Crippen LogP contribution is 2.32. The summed E-state index contributed by atoms with van der Waals surface area (Å²) in [6, 6.07) is 11.5. The Labute approximate surface area is 151 Å². The lowest BCUT2D eigenvalue weighted by Gasteiger charge is -2.38. The molecule has 0 saturated carbocycles. The maximum Gasteiger partial charge on any atom is 0.411 e. The van der Waals surface area contributed by atoms with Gasteiger partial charge in [0.1, 0.15) is 12.4 Å². The van der Waals surface area contributed by atoms with Gasteiger partial charge in [-0.1, -0.05) is 37.3 Å². The molecule has 1 aromatic heterocycles. The number of likely N-dealkylation sites (N-methyl/N-ethyl adjacent to an activating group) is 1. The first-order chi connectivity index (χ1) is 12.5. The van der Waals surface area contributed by atoms with Gasteiger partial charge in [-0.2, -0.15) is 0 Å². The van der Waals surface area contributed by atoms with E-state index in [1.807, 2.05) is 18.2 Å². The number of pyridine rings is 1. The molecule has 0 aliphatic heterocycles. The Morgan fingerprint density at radius 3 is 2.38 bits per heavy atom. The second kappa shape index (κ2) is 8.42. The van der Waals surface area contributed by atoms with Crippen molar-refractivity contribution in [2.45, 2.75) is 32.4 Å². The molecule has 0 aliphatic carbocycles. The van der Waals surface area contributed by atoms with E-state index < -0.39 is 23.4 Å². The number of halogens is 1. The molecule has 2 rings (SSSR count). The summed E-state index contributed by atoms with van der Waals surface area (Å²) in [6.07, 6.45) is 0.216. The van der Waals surface area contributed by atoms with Crippen LogP contribution in [0.4, 0.5) is 9.18 Å². The summed E-state index contributed by atoms with van der Waals surface area (Å²) < 4.78 is 18.5. The third-order valence-electron chi connectivity index (χ3n) is 4.22. The number of hydrogen-bond acceptors (Lipinski definition) is 4. The maximum atomic E-state index is 13.2. The zero-order valence-corrected chi connectivity index (χ0v) is 14.7. The van der Waals surface area contributed by atoms with Crippen LogP contribution < -0.4 is 0 Å². The van der Waals surface area contributed by atoms with Gasteiger partial charge in [0.25, 0.3) is 0 Å². The van der Waals surface area contributed by atoms with E-state index in [9.17, 15) is 19.1 Å². The van der Waals surface area contributed by atoms with Crippen molar-refractivity contribution in [2.75, 3.05) is 6.54 Å². The number of carboxylic acid groups (broad SMARTS) is 1. The molecular formula is C19H21FN2O4. The SMILES string of the molecule is CCN(C(=O)OCc1ccccc1)C(CC)(C(=O)O)c1ccc(F)cn1. The number of rotatable bonds is 7. The first-order valence-electron chi connectivity index (χ1n) is 8.29. The number of benzene rings is 1. The van der Waals surface area contributed by atoms with Crippen LogP contribution in [0.3, 0.4) is 0 Å². The Kier molecular flexibility index (Phi) is 6.27. The molecule has 0 bridgehead atoms. The van der Waals surface area contributed by atoms with Crippen molar-refractivity contribution in [1.29, 1.82) is 0 Å². The topological polar surface area (TPSA) is 79.7 Å². The number of amides is 1. The molecule has 0 fully saturated rings. The van der Waals surface area contributed by atoms with E-state index >= 15 is 0 Å². The fraction of sp³-hybridized carbons (Fsp3) is 0.316. The molecule has 1 aromatic carbocycles. The summed E-state index contributed by atoms with van der Waals surface area (Å²) in [4.78, 5) is 29.8. The summed E-state index contributed by atoms with van der Waals surface area (Å²) in [5, 5.41) is 9.90. The Morgan fingerprint density at radius 2 is 1.88 bits per heavy atom. The van der Waals surface area contributed by atoms with Crippen LogP contribution in [0, 0.1) is 5.82 Å². The second-order valence-electron chi connectivity index (χ2n) is 5.67. The summed E-state index contributed by atoms with van der Waals surface area (Å²) in [7, 11) is 0. The van der Waals surface area contributed by atoms with Gasteiger partial charge in [0, 0.05) is 6.54 Å².